The number of hydrogen-bond donors (Lipinski definition) is 0. The molecule has 2 heterocycles. The Morgan fingerprint density at radius 1 is 1.30 bits per heavy atom. The molecule has 7 heteroatoms. The van der Waals surface area contributed by atoms with Crippen molar-refractivity contribution in [2.24, 2.45) is 0 Å². The standard InChI is InChI=1S/C13H10ClF2N3S/c1-7-17-9(6-20-7)5-19-11-3-8(15)2-10(16)13(11)18-12(19)4-14/h2-3,6H,4-5H2,1H3. The van der Waals surface area contributed by atoms with Crippen LogP contribution in [0.1, 0.15) is 16.5 Å². The van der Waals surface area contributed by atoms with Gasteiger partial charge in [0.2, 0.25) is 0 Å². The number of rotatable bonds is 3. The van der Waals surface area contributed by atoms with Gasteiger partial charge in [0.05, 0.1) is 28.6 Å². The highest BCUT2D eigenvalue weighted by Gasteiger charge is 2.16. The van der Waals surface area contributed by atoms with Crippen LogP contribution in [0.15, 0.2) is 17.5 Å². The lowest BCUT2D eigenvalue weighted by molar-refractivity contribution is 0.590. The first-order chi connectivity index (χ1) is 9.58. The van der Waals surface area contributed by atoms with E-state index in [2.05, 4.69) is 9.97 Å². The van der Waals surface area contributed by atoms with Crippen LogP contribution < -0.4 is 0 Å². The molecule has 0 N–H and O–H groups in total. The van der Waals surface area contributed by atoms with Gasteiger partial charge in [-0.1, -0.05) is 0 Å². The average Bonchev–Trinajstić information content (AvgIpc) is 2.95. The number of fused-ring (bicyclic) bond motifs is 1. The molecule has 0 saturated carbocycles. The van der Waals surface area contributed by atoms with Gasteiger partial charge in [-0.3, -0.25) is 0 Å². The van der Waals surface area contributed by atoms with Crippen molar-refractivity contribution in [1.82, 2.24) is 14.5 Å². The van der Waals surface area contributed by atoms with E-state index in [1.165, 1.54) is 17.4 Å². The highest BCUT2D eigenvalue weighted by atomic mass is 35.5. The molecule has 20 heavy (non-hydrogen) atoms. The molecule has 0 saturated heterocycles. The molecule has 0 unspecified atom stereocenters. The molecule has 0 aliphatic heterocycles. The monoisotopic (exact) mass is 313 g/mol. The summed E-state index contributed by atoms with van der Waals surface area (Å²) in [4.78, 5) is 8.49. The number of imidazole rings is 1. The molecule has 2 aromatic heterocycles. The highest BCUT2D eigenvalue weighted by molar-refractivity contribution is 7.09. The Balaban J connectivity index is 2.17. The van der Waals surface area contributed by atoms with Gasteiger partial charge in [-0.15, -0.1) is 22.9 Å². The van der Waals surface area contributed by atoms with E-state index in [1.807, 2.05) is 12.3 Å². The smallest absolute Gasteiger partial charge is 0.153 e. The Morgan fingerprint density at radius 3 is 2.75 bits per heavy atom. The third-order valence-electron chi connectivity index (χ3n) is 2.96. The molecule has 3 rings (SSSR count). The fourth-order valence-corrected chi connectivity index (χ4v) is 2.93. The molecule has 0 fully saturated rings. The van der Waals surface area contributed by atoms with Crippen LogP contribution in [0.5, 0.6) is 0 Å². The van der Waals surface area contributed by atoms with E-state index in [9.17, 15) is 8.78 Å². The van der Waals surface area contributed by atoms with Gasteiger partial charge in [-0.25, -0.2) is 18.7 Å². The number of nitrogens with zero attached hydrogens (tertiary/aromatic N) is 3. The summed E-state index contributed by atoms with van der Waals surface area (Å²) in [6.45, 7) is 2.30. The van der Waals surface area contributed by atoms with Crippen LogP contribution in [0.3, 0.4) is 0 Å². The fraction of sp³-hybridized carbons (Fsp3) is 0.231. The van der Waals surface area contributed by atoms with Gasteiger partial charge in [0.15, 0.2) is 5.82 Å². The second-order valence-electron chi connectivity index (χ2n) is 4.36. The SMILES string of the molecule is Cc1nc(Cn2c(CCl)nc3c(F)cc(F)cc32)cs1. The molecule has 104 valence electrons. The van der Waals surface area contributed by atoms with Crippen molar-refractivity contribution in [3.63, 3.8) is 0 Å². The van der Waals surface area contributed by atoms with Gasteiger partial charge < -0.3 is 4.57 Å². The van der Waals surface area contributed by atoms with Gasteiger partial charge >= 0.3 is 0 Å². The second kappa shape index (κ2) is 5.10. The van der Waals surface area contributed by atoms with E-state index in [1.54, 1.807) is 4.57 Å². The summed E-state index contributed by atoms with van der Waals surface area (Å²) < 4.78 is 28.9. The zero-order valence-electron chi connectivity index (χ0n) is 10.5. The van der Waals surface area contributed by atoms with E-state index < -0.39 is 11.6 Å². The van der Waals surface area contributed by atoms with Crippen molar-refractivity contribution in [3.8, 4) is 0 Å². The zero-order chi connectivity index (χ0) is 14.3. The molecule has 3 aromatic rings. The van der Waals surface area contributed by atoms with Crippen molar-refractivity contribution in [2.45, 2.75) is 19.3 Å². The first kappa shape index (κ1) is 13.5. The first-order valence-corrected chi connectivity index (χ1v) is 7.31. The van der Waals surface area contributed by atoms with Gasteiger partial charge in [-0.2, -0.15) is 0 Å². The van der Waals surface area contributed by atoms with Crippen molar-refractivity contribution in [1.29, 1.82) is 0 Å². The highest BCUT2D eigenvalue weighted by Crippen LogP contribution is 2.23. The molecule has 0 amide bonds. The van der Waals surface area contributed by atoms with Gasteiger partial charge in [0, 0.05) is 11.4 Å². The van der Waals surface area contributed by atoms with Crippen molar-refractivity contribution in [3.05, 3.63) is 45.7 Å². The summed E-state index contributed by atoms with van der Waals surface area (Å²) in [6, 6.07) is 2.09. The number of aromatic nitrogens is 3. The topological polar surface area (TPSA) is 30.7 Å². The molecule has 0 radical (unpaired) electrons. The van der Waals surface area contributed by atoms with Gasteiger partial charge in [-0.05, 0) is 13.0 Å². The lowest BCUT2D eigenvalue weighted by atomic mass is 10.3. The largest absolute Gasteiger partial charge is 0.321 e. The zero-order valence-corrected chi connectivity index (χ0v) is 12.1. The van der Waals surface area contributed by atoms with Crippen molar-refractivity contribution < 1.29 is 8.78 Å². The molecule has 1 aromatic carbocycles. The second-order valence-corrected chi connectivity index (χ2v) is 5.69. The maximum absolute atomic E-state index is 13.7. The molecule has 0 spiro atoms. The molecule has 3 nitrogen and oxygen atoms in total. The lowest BCUT2D eigenvalue weighted by Crippen LogP contribution is -2.04. The minimum absolute atomic E-state index is 0.124. The number of benzene rings is 1. The average molecular weight is 314 g/mol. The van der Waals surface area contributed by atoms with Gasteiger partial charge in [0.1, 0.15) is 17.2 Å². The summed E-state index contributed by atoms with van der Waals surface area (Å²) in [5, 5.41) is 2.85. The number of halogens is 3. The van der Waals surface area contributed by atoms with Crippen molar-refractivity contribution >= 4 is 34.0 Å². The third-order valence-corrected chi connectivity index (χ3v) is 4.02. The fourth-order valence-electron chi connectivity index (χ4n) is 2.12. The Kier molecular flexibility index (Phi) is 3.43. The molecule has 0 atom stereocenters. The lowest BCUT2D eigenvalue weighted by Gasteiger charge is -2.05. The van der Waals surface area contributed by atoms with Crippen LogP contribution in [0.2, 0.25) is 0 Å². The number of hydrogen-bond acceptors (Lipinski definition) is 3. The van der Waals surface area contributed by atoms with Crippen LogP contribution in [0.25, 0.3) is 11.0 Å². The van der Waals surface area contributed by atoms with Crippen LogP contribution in [-0.2, 0) is 12.4 Å². The third kappa shape index (κ3) is 2.29. The summed E-state index contributed by atoms with van der Waals surface area (Å²) in [7, 11) is 0. The van der Waals surface area contributed by atoms with Crippen LogP contribution in [-0.4, -0.2) is 14.5 Å². The maximum atomic E-state index is 13.7. The predicted molar refractivity (Wildman–Crippen MR) is 75.2 cm³/mol. The minimum atomic E-state index is -0.681. The summed E-state index contributed by atoms with van der Waals surface area (Å²) >= 11 is 7.38. The molecule has 0 bridgehead atoms. The van der Waals surface area contributed by atoms with E-state index in [-0.39, 0.29) is 11.4 Å². The van der Waals surface area contributed by atoms with E-state index in [0.29, 0.717) is 17.9 Å². The van der Waals surface area contributed by atoms with Gasteiger partial charge in [0.25, 0.3) is 0 Å². The minimum Gasteiger partial charge on any atom is -0.321 e. The first-order valence-electron chi connectivity index (χ1n) is 5.89. The summed E-state index contributed by atoms with van der Waals surface area (Å²) in [6.07, 6.45) is 0. The summed E-state index contributed by atoms with van der Waals surface area (Å²) in [5.74, 6) is -0.693. The molecule has 0 aliphatic carbocycles. The molecular formula is C13H10ClF2N3S. The van der Waals surface area contributed by atoms with Crippen LogP contribution >= 0.6 is 22.9 Å². The van der Waals surface area contributed by atoms with E-state index in [4.69, 9.17) is 11.6 Å². The number of aryl methyl sites for hydroxylation is 1. The van der Waals surface area contributed by atoms with Crippen LogP contribution in [0.4, 0.5) is 8.78 Å². The number of alkyl halides is 1. The quantitative estimate of drug-likeness (QED) is 0.687. The Morgan fingerprint density at radius 2 is 2.10 bits per heavy atom. The van der Waals surface area contributed by atoms with E-state index >= 15 is 0 Å². The number of thiazole rings is 1. The Hall–Kier alpha value is -1.53. The van der Waals surface area contributed by atoms with E-state index in [0.717, 1.165) is 16.8 Å². The van der Waals surface area contributed by atoms with Crippen molar-refractivity contribution in [2.75, 3.05) is 0 Å². The molecular weight excluding hydrogens is 304 g/mol. The Labute approximate surface area is 122 Å². The summed E-state index contributed by atoms with van der Waals surface area (Å²) in [5.41, 5.74) is 1.35. The Bertz CT molecular complexity index is 781. The predicted octanol–water partition coefficient (Wildman–Crippen LogP) is 3.87. The van der Waals surface area contributed by atoms with Crippen LogP contribution in [0, 0.1) is 18.6 Å². The maximum Gasteiger partial charge on any atom is 0.153 e. The molecule has 0 aliphatic rings. The normalized spacial score (nSPS) is 11.4.